The Hall–Kier alpha value is -3.47. The van der Waals surface area contributed by atoms with Crippen LogP contribution in [0.4, 0.5) is 17.1 Å². The number of pyridine rings is 1. The van der Waals surface area contributed by atoms with E-state index in [1.165, 1.54) is 12.5 Å². The molecule has 5 heteroatoms. The zero-order valence-corrected chi connectivity index (χ0v) is 16.2. The number of nitrogens with zero attached hydrogens (tertiary/aromatic N) is 1. The van der Waals surface area contributed by atoms with Crippen molar-refractivity contribution in [2.24, 2.45) is 0 Å². The fourth-order valence-electron chi connectivity index (χ4n) is 2.73. The van der Waals surface area contributed by atoms with E-state index in [4.69, 9.17) is 0 Å². The van der Waals surface area contributed by atoms with Gasteiger partial charge in [-0.25, -0.2) is 4.98 Å². The number of amides is 1. The first-order valence-corrected chi connectivity index (χ1v) is 9.18. The van der Waals surface area contributed by atoms with Gasteiger partial charge in [0, 0.05) is 16.9 Å². The van der Waals surface area contributed by atoms with Crippen molar-refractivity contribution in [2.75, 3.05) is 10.6 Å². The molecule has 3 aromatic rings. The van der Waals surface area contributed by atoms with E-state index in [1.807, 2.05) is 18.2 Å². The molecule has 28 heavy (non-hydrogen) atoms. The van der Waals surface area contributed by atoms with E-state index in [2.05, 4.69) is 41.6 Å². The Balaban J connectivity index is 1.65. The molecule has 1 aromatic heterocycles. The summed E-state index contributed by atoms with van der Waals surface area (Å²) in [6.45, 7) is 5.81. The third kappa shape index (κ3) is 4.82. The van der Waals surface area contributed by atoms with Crippen molar-refractivity contribution >= 4 is 28.8 Å². The average Bonchev–Trinajstić information content (AvgIpc) is 2.69. The number of ketones is 1. The summed E-state index contributed by atoms with van der Waals surface area (Å²) in [5.74, 6) is 0.115. The number of benzene rings is 2. The quantitative estimate of drug-likeness (QED) is 0.567. The molecule has 0 saturated heterocycles. The molecule has 0 aliphatic heterocycles. The summed E-state index contributed by atoms with van der Waals surface area (Å²) < 4.78 is 0. The molecule has 0 atom stereocenters. The van der Waals surface area contributed by atoms with Gasteiger partial charge in [0.15, 0.2) is 5.78 Å². The van der Waals surface area contributed by atoms with Crippen LogP contribution in [-0.2, 0) is 0 Å². The van der Waals surface area contributed by atoms with Crippen LogP contribution in [-0.4, -0.2) is 16.7 Å². The van der Waals surface area contributed by atoms with Crippen LogP contribution < -0.4 is 10.6 Å². The van der Waals surface area contributed by atoms with E-state index in [1.54, 1.807) is 36.5 Å². The number of rotatable bonds is 6. The number of aromatic nitrogens is 1. The summed E-state index contributed by atoms with van der Waals surface area (Å²) >= 11 is 0. The first-order valence-electron chi connectivity index (χ1n) is 9.18. The smallest absolute Gasteiger partial charge is 0.274 e. The summed E-state index contributed by atoms with van der Waals surface area (Å²) in [4.78, 5) is 28.1. The average molecular weight is 373 g/mol. The largest absolute Gasteiger partial charge is 0.354 e. The van der Waals surface area contributed by atoms with Crippen molar-refractivity contribution in [3.05, 3.63) is 83.7 Å². The molecule has 2 aromatic carbocycles. The maximum absolute atomic E-state index is 12.4. The van der Waals surface area contributed by atoms with Crippen LogP contribution in [0.5, 0.6) is 0 Å². The monoisotopic (exact) mass is 373 g/mol. The Kier molecular flexibility index (Phi) is 5.84. The van der Waals surface area contributed by atoms with Gasteiger partial charge < -0.3 is 10.6 Å². The van der Waals surface area contributed by atoms with Crippen molar-refractivity contribution in [1.29, 1.82) is 0 Å². The molecular weight excluding hydrogens is 350 g/mol. The van der Waals surface area contributed by atoms with Gasteiger partial charge in [0.2, 0.25) is 0 Å². The van der Waals surface area contributed by atoms with Crippen molar-refractivity contribution < 1.29 is 9.59 Å². The van der Waals surface area contributed by atoms with Gasteiger partial charge in [-0.15, -0.1) is 0 Å². The molecule has 0 spiro atoms. The minimum absolute atomic E-state index is 0.0499. The summed E-state index contributed by atoms with van der Waals surface area (Å²) in [7, 11) is 0. The normalized spacial score (nSPS) is 10.6. The molecule has 0 aliphatic rings. The van der Waals surface area contributed by atoms with Crippen LogP contribution in [0.3, 0.4) is 0 Å². The highest BCUT2D eigenvalue weighted by atomic mass is 16.2. The standard InChI is InChI=1S/C23H23N3O2/c1-15(2)17-7-9-19(10-8-17)25-21-11-12-22(24-14-21)23(28)26-20-6-4-5-18(13-20)16(3)27/h4-15,25H,1-3H3,(H,26,28). The Morgan fingerprint density at radius 2 is 1.61 bits per heavy atom. The molecule has 142 valence electrons. The number of carbonyl (C=O) groups is 2. The van der Waals surface area contributed by atoms with Crippen LogP contribution in [0.15, 0.2) is 66.9 Å². The van der Waals surface area contributed by atoms with Gasteiger partial charge in [-0.3, -0.25) is 9.59 Å². The maximum atomic E-state index is 12.4. The fraction of sp³-hybridized carbons (Fsp3) is 0.174. The minimum Gasteiger partial charge on any atom is -0.354 e. The number of carbonyl (C=O) groups excluding carboxylic acids is 2. The molecule has 0 saturated carbocycles. The third-order valence-electron chi connectivity index (χ3n) is 4.39. The zero-order chi connectivity index (χ0) is 20.1. The lowest BCUT2D eigenvalue weighted by molar-refractivity contribution is 0.100. The second-order valence-corrected chi connectivity index (χ2v) is 6.92. The van der Waals surface area contributed by atoms with Gasteiger partial charge in [0.1, 0.15) is 5.69 Å². The molecule has 1 heterocycles. The van der Waals surface area contributed by atoms with Crippen LogP contribution >= 0.6 is 0 Å². The summed E-state index contributed by atoms with van der Waals surface area (Å²) in [6, 6.07) is 18.5. The predicted molar refractivity (Wildman–Crippen MR) is 112 cm³/mol. The van der Waals surface area contributed by atoms with Gasteiger partial charge in [0.25, 0.3) is 5.91 Å². The Morgan fingerprint density at radius 1 is 0.893 bits per heavy atom. The summed E-state index contributed by atoms with van der Waals surface area (Å²) in [6.07, 6.45) is 1.62. The molecule has 0 unspecified atom stereocenters. The topological polar surface area (TPSA) is 71.1 Å². The molecule has 3 rings (SSSR count). The van der Waals surface area contributed by atoms with Gasteiger partial charge in [-0.2, -0.15) is 0 Å². The molecule has 0 radical (unpaired) electrons. The second-order valence-electron chi connectivity index (χ2n) is 6.92. The highest BCUT2D eigenvalue weighted by Gasteiger charge is 2.09. The molecule has 2 N–H and O–H groups in total. The van der Waals surface area contributed by atoms with E-state index in [-0.39, 0.29) is 11.7 Å². The predicted octanol–water partition coefficient (Wildman–Crippen LogP) is 5.40. The number of hydrogen-bond acceptors (Lipinski definition) is 4. The lowest BCUT2D eigenvalue weighted by Crippen LogP contribution is -2.14. The van der Waals surface area contributed by atoms with E-state index in [0.29, 0.717) is 22.9 Å². The Bertz CT molecular complexity index is 977. The van der Waals surface area contributed by atoms with Crippen molar-refractivity contribution in [3.8, 4) is 0 Å². The highest BCUT2D eigenvalue weighted by molar-refractivity contribution is 6.04. The molecule has 1 amide bonds. The van der Waals surface area contributed by atoms with E-state index < -0.39 is 0 Å². The third-order valence-corrected chi connectivity index (χ3v) is 4.39. The number of nitrogens with one attached hydrogen (secondary N) is 2. The number of Topliss-reactive ketones (excluding diaryl/α,β-unsaturated/α-hetero) is 1. The van der Waals surface area contributed by atoms with Crippen molar-refractivity contribution in [3.63, 3.8) is 0 Å². The zero-order valence-electron chi connectivity index (χ0n) is 16.2. The number of anilines is 3. The summed E-state index contributed by atoms with van der Waals surface area (Å²) in [5, 5.41) is 6.04. The first kappa shape index (κ1) is 19.3. The molecule has 0 bridgehead atoms. The lowest BCUT2D eigenvalue weighted by atomic mass is 10.0. The lowest BCUT2D eigenvalue weighted by Gasteiger charge is -2.10. The molecular formula is C23H23N3O2. The molecule has 5 nitrogen and oxygen atoms in total. The van der Waals surface area contributed by atoms with Gasteiger partial charge in [0.05, 0.1) is 11.9 Å². The van der Waals surface area contributed by atoms with Crippen molar-refractivity contribution in [2.45, 2.75) is 26.7 Å². The van der Waals surface area contributed by atoms with Gasteiger partial charge in [-0.05, 0) is 54.8 Å². The van der Waals surface area contributed by atoms with Crippen LogP contribution in [0.2, 0.25) is 0 Å². The maximum Gasteiger partial charge on any atom is 0.274 e. The van der Waals surface area contributed by atoms with Crippen LogP contribution in [0.1, 0.15) is 53.1 Å². The van der Waals surface area contributed by atoms with E-state index in [9.17, 15) is 9.59 Å². The second kappa shape index (κ2) is 8.48. The van der Waals surface area contributed by atoms with E-state index >= 15 is 0 Å². The van der Waals surface area contributed by atoms with Crippen LogP contribution in [0.25, 0.3) is 0 Å². The fourth-order valence-corrected chi connectivity index (χ4v) is 2.73. The van der Waals surface area contributed by atoms with Gasteiger partial charge in [-0.1, -0.05) is 38.1 Å². The Labute approximate surface area is 164 Å². The SMILES string of the molecule is CC(=O)c1cccc(NC(=O)c2ccc(Nc3ccc(C(C)C)cc3)cn2)c1. The Morgan fingerprint density at radius 3 is 2.21 bits per heavy atom. The highest BCUT2D eigenvalue weighted by Crippen LogP contribution is 2.20. The van der Waals surface area contributed by atoms with Gasteiger partial charge >= 0.3 is 0 Å². The van der Waals surface area contributed by atoms with Crippen LogP contribution in [0, 0.1) is 0 Å². The molecule has 0 aliphatic carbocycles. The van der Waals surface area contributed by atoms with Crippen molar-refractivity contribution in [1.82, 2.24) is 4.98 Å². The van der Waals surface area contributed by atoms with E-state index in [0.717, 1.165) is 11.4 Å². The summed E-state index contributed by atoms with van der Waals surface area (Å²) in [5.41, 5.74) is 4.45. The first-order chi connectivity index (χ1) is 13.4. The minimum atomic E-state index is -0.325. The molecule has 0 fully saturated rings. The number of hydrogen-bond donors (Lipinski definition) is 2.